The van der Waals surface area contributed by atoms with Crippen molar-refractivity contribution in [1.29, 1.82) is 0 Å². The lowest BCUT2D eigenvalue weighted by Gasteiger charge is -2.11. The number of carbonyl (C=O) groups is 1. The molecule has 2 aromatic carbocycles. The molecule has 1 atom stereocenters. The molecule has 8 heteroatoms. The van der Waals surface area contributed by atoms with Crippen LogP contribution in [0.3, 0.4) is 0 Å². The Morgan fingerprint density at radius 3 is 2.81 bits per heavy atom. The number of para-hydroxylation sites is 2. The largest absolute Gasteiger partial charge is 0.351 e. The molecule has 0 spiro atoms. The lowest BCUT2D eigenvalue weighted by molar-refractivity contribution is -0.122. The zero-order chi connectivity index (χ0) is 17.1. The number of nitrogens with one attached hydrogen (secondary N) is 2. The van der Waals surface area contributed by atoms with E-state index in [0.29, 0.717) is 6.54 Å². The van der Waals surface area contributed by atoms with E-state index in [4.69, 9.17) is 0 Å². The summed E-state index contributed by atoms with van der Waals surface area (Å²) in [6.45, 7) is 1.32. The molecule has 27 heavy (non-hydrogen) atoms. The summed E-state index contributed by atoms with van der Waals surface area (Å²) < 4.78 is 2.15. The van der Waals surface area contributed by atoms with Gasteiger partial charge in [-0.05, 0) is 23.3 Å². The van der Waals surface area contributed by atoms with E-state index in [0.717, 1.165) is 34.8 Å². The van der Waals surface area contributed by atoms with Crippen LogP contribution < -0.4 is 10.6 Å². The number of halogens is 2. The lowest BCUT2D eigenvalue weighted by atomic mass is 10.1. The fourth-order valence-corrected chi connectivity index (χ4v) is 3.99. The van der Waals surface area contributed by atoms with Crippen molar-refractivity contribution in [3.05, 3.63) is 66.0 Å². The van der Waals surface area contributed by atoms with Crippen LogP contribution in [0, 0.1) is 0 Å². The average Bonchev–Trinajstić information content (AvgIpc) is 3.31. The highest BCUT2D eigenvalue weighted by molar-refractivity contribution is 7.99. The first-order valence-electron chi connectivity index (χ1n) is 8.36. The van der Waals surface area contributed by atoms with E-state index in [1.165, 1.54) is 5.56 Å². The van der Waals surface area contributed by atoms with Crippen molar-refractivity contribution in [1.82, 2.24) is 20.2 Å². The number of hydrogen-bond acceptors (Lipinski definition) is 4. The van der Waals surface area contributed by atoms with Crippen LogP contribution >= 0.6 is 36.6 Å². The predicted octanol–water partition coefficient (Wildman–Crippen LogP) is 3.21. The molecule has 1 unspecified atom stereocenters. The quantitative estimate of drug-likeness (QED) is 0.659. The van der Waals surface area contributed by atoms with E-state index in [9.17, 15) is 4.79 Å². The molecule has 1 aliphatic heterocycles. The minimum Gasteiger partial charge on any atom is -0.351 e. The highest BCUT2D eigenvalue weighted by Crippen LogP contribution is 2.15. The fourth-order valence-electron chi connectivity index (χ4n) is 3.05. The first-order chi connectivity index (χ1) is 12.3. The number of hydrogen-bond donors (Lipinski definition) is 2. The van der Waals surface area contributed by atoms with Crippen molar-refractivity contribution in [2.75, 3.05) is 11.6 Å². The highest BCUT2D eigenvalue weighted by atomic mass is 35.5. The summed E-state index contributed by atoms with van der Waals surface area (Å²) in [7, 11) is 0. The van der Waals surface area contributed by atoms with Gasteiger partial charge >= 0.3 is 0 Å². The maximum atomic E-state index is 12.1. The maximum absolute atomic E-state index is 12.1. The van der Waals surface area contributed by atoms with Gasteiger partial charge in [0.2, 0.25) is 5.91 Å². The summed E-state index contributed by atoms with van der Waals surface area (Å²) in [5.41, 5.74) is 4.45. The van der Waals surface area contributed by atoms with Gasteiger partial charge in [0.1, 0.15) is 0 Å². The second kappa shape index (κ2) is 9.99. The van der Waals surface area contributed by atoms with Crippen LogP contribution in [0.5, 0.6) is 0 Å². The molecule has 3 aromatic rings. The second-order valence-corrected chi connectivity index (χ2v) is 7.20. The molecule has 4 rings (SSSR count). The van der Waals surface area contributed by atoms with Crippen molar-refractivity contribution in [2.45, 2.75) is 19.1 Å². The van der Waals surface area contributed by atoms with Crippen molar-refractivity contribution < 1.29 is 4.79 Å². The Bertz CT molecular complexity index is 896. The van der Waals surface area contributed by atoms with Crippen LogP contribution in [0.15, 0.2) is 54.9 Å². The summed E-state index contributed by atoms with van der Waals surface area (Å²) in [4.78, 5) is 16.5. The van der Waals surface area contributed by atoms with Gasteiger partial charge in [-0.1, -0.05) is 36.4 Å². The van der Waals surface area contributed by atoms with Gasteiger partial charge in [-0.2, -0.15) is 0 Å². The van der Waals surface area contributed by atoms with E-state index in [2.05, 4.69) is 38.4 Å². The van der Waals surface area contributed by atoms with Gasteiger partial charge in [-0.15, -0.1) is 36.6 Å². The standard InChI is InChI=1S/C19H20N4OS.2ClH/c24-19(17-11-25-13-22-17)20-9-14-4-3-5-15(8-14)10-23-12-21-16-6-1-2-7-18(16)23;;/h1-8,12,17,22H,9-11,13H2,(H,20,24);2*1H. The average molecular weight is 425 g/mol. The SMILES string of the molecule is Cl.Cl.O=C(NCc1cccc(Cn2cnc3ccccc32)c1)C1CSCN1. The molecule has 0 saturated carbocycles. The van der Waals surface area contributed by atoms with Gasteiger partial charge < -0.3 is 9.88 Å². The third-order valence-corrected chi connectivity index (χ3v) is 5.31. The van der Waals surface area contributed by atoms with Crippen molar-refractivity contribution in [3.8, 4) is 0 Å². The summed E-state index contributed by atoms with van der Waals surface area (Å²) in [5.74, 6) is 1.78. The normalized spacial score (nSPS) is 15.8. The van der Waals surface area contributed by atoms with Crippen molar-refractivity contribution in [3.63, 3.8) is 0 Å². The number of amides is 1. The summed E-state index contributed by atoms with van der Waals surface area (Å²) in [5, 5.41) is 6.21. The van der Waals surface area contributed by atoms with Crippen LogP contribution in [-0.4, -0.2) is 33.1 Å². The minimum absolute atomic E-state index is 0. The van der Waals surface area contributed by atoms with Crippen LogP contribution in [0.2, 0.25) is 0 Å². The molecular formula is C19H22Cl2N4OS. The second-order valence-electron chi connectivity index (χ2n) is 6.17. The topological polar surface area (TPSA) is 59.0 Å². The number of imidazole rings is 1. The third kappa shape index (κ3) is 5.17. The Labute approximate surface area is 175 Å². The number of nitrogens with zero attached hydrogens (tertiary/aromatic N) is 2. The minimum atomic E-state index is -0.0644. The van der Waals surface area contributed by atoms with Crippen LogP contribution in [0.1, 0.15) is 11.1 Å². The molecule has 144 valence electrons. The Balaban J connectivity index is 0.00000131. The zero-order valence-corrected chi connectivity index (χ0v) is 17.1. The van der Waals surface area contributed by atoms with Crippen LogP contribution in [-0.2, 0) is 17.9 Å². The third-order valence-electron chi connectivity index (χ3n) is 4.37. The van der Waals surface area contributed by atoms with Gasteiger partial charge in [0.15, 0.2) is 0 Å². The molecule has 0 bridgehead atoms. The number of benzene rings is 2. The zero-order valence-electron chi connectivity index (χ0n) is 14.6. The Morgan fingerprint density at radius 2 is 2.00 bits per heavy atom. The van der Waals surface area contributed by atoms with E-state index < -0.39 is 0 Å². The molecule has 1 aliphatic rings. The first-order valence-corrected chi connectivity index (χ1v) is 9.51. The lowest BCUT2D eigenvalue weighted by Crippen LogP contribution is -2.41. The molecule has 1 amide bonds. The monoisotopic (exact) mass is 424 g/mol. The highest BCUT2D eigenvalue weighted by Gasteiger charge is 2.21. The number of aromatic nitrogens is 2. The molecule has 5 nitrogen and oxygen atoms in total. The van der Waals surface area contributed by atoms with E-state index in [1.54, 1.807) is 11.8 Å². The van der Waals surface area contributed by atoms with Gasteiger partial charge in [0.05, 0.1) is 23.4 Å². The Kier molecular flexibility index (Phi) is 7.98. The molecule has 0 radical (unpaired) electrons. The van der Waals surface area contributed by atoms with E-state index in [-0.39, 0.29) is 36.8 Å². The maximum Gasteiger partial charge on any atom is 0.238 e. The van der Waals surface area contributed by atoms with Crippen molar-refractivity contribution >= 4 is 53.5 Å². The summed E-state index contributed by atoms with van der Waals surface area (Å²) >= 11 is 1.76. The number of carbonyl (C=O) groups excluding carboxylic acids is 1. The number of fused-ring (bicyclic) bond motifs is 1. The van der Waals surface area contributed by atoms with E-state index in [1.807, 2.05) is 36.7 Å². The predicted molar refractivity (Wildman–Crippen MR) is 116 cm³/mol. The smallest absolute Gasteiger partial charge is 0.238 e. The molecule has 2 N–H and O–H groups in total. The van der Waals surface area contributed by atoms with Gasteiger partial charge in [-0.25, -0.2) is 4.98 Å². The molecule has 2 heterocycles. The Hall–Kier alpha value is -1.73. The fraction of sp³-hybridized carbons (Fsp3) is 0.263. The molecule has 0 aliphatic carbocycles. The van der Waals surface area contributed by atoms with Crippen molar-refractivity contribution in [2.24, 2.45) is 0 Å². The first kappa shape index (κ1) is 21.6. The van der Waals surface area contributed by atoms with Gasteiger partial charge in [-0.3, -0.25) is 10.1 Å². The summed E-state index contributed by atoms with van der Waals surface area (Å²) in [6, 6.07) is 16.4. The van der Waals surface area contributed by atoms with Crippen LogP contribution in [0.25, 0.3) is 11.0 Å². The van der Waals surface area contributed by atoms with Gasteiger partial charge in [0.25, 0.3) is 0 Å². The number of rotatable bonds is 5. The molecule has 1 saturated heterocycles. The number of thioether (sulfide) groups is 1. The van der Waals surface area contributed by atoms with Gasteiger partial charge in [0, 0.05) is 24.7 Å². The molecule has 1 aromatic heterocycles. The molecular weight excluding hydrogens is 403 g/mol. The van der Waals surface area contributed by atoms with E-state index >= 15 is 0 Å². The van der Waals surface area contributed by atoms with Crippen LogP contribution in [0.4, 0.5) is 0 Å². The molecule has 1 fully saturated rings. The summed E-state index contributed by atoms with van der Waals surface area (Å²) in [6.07, 6.45) is 1.88. The Morgan fingerprint density at radius 1 is 1.19 bits per heavy atom.